The Morgan fingerprint density at radius 3 is 3.06 bits per heavy atom. The van der Waals surface area contributed by atoms with E-state index in [4.69, 9.17) is 0 Å². The van der Waals surface area contributed by atoms with Crippen LogP contribution in [0.2, 0.25) is 0 Å². The Labute approximate surface area is 112 Å². The molecule has 0 N–H and O–H groups in total. The number of rotatable bonds is 3. The van der Waals surface area contributed by atoms with Crippen molar-refractivity contribution in [1.82, 2.24) is 24.7 Å². The molecule has 0 saturated heterocycles. The van der Waals surface area contributed by atoms with Gasteiger partial charge in [-0.25, -0.2) is 15.0 Å². The maximum absolute atomic E-state index is 4.44. The van der Waals surface area contributed by atoms with Crippen molar-refractivity contribution in [2.24, 2.45) is 7.05 Å². The molecule has 0 aliphatic carbocycles. The molecule has 0 radical (unpaired) electrons. The van der Waals surface area contributed by atoms with Gasteiger partial charge in [-0.05, 0) is 6.92 Å². The average molecular weight is 277 g/mol. The van der Waals surface area contributed by atoms with Gasteiger partial charge in [-0.3, -0.25) is 4.68 Å². The minimum atomic E-state index is 0.825. The van der Waals surface area contributed by atoms with E-state index in [2.05, 4.69) is 25.4 Å². The van der Waals surface area contributed by atoms with E-state index in [-0.39, 0.29) is 0 Å². The van der Waals surface area contributed by atoms with Gasteiger partial charge in [0.25, 0.3) is 0 Å². The van der Waals surface area contributed by atoms with Crippen LogP contribution < -0.4 is 0 Å². The normalized spacial score (nSPS) is 11.2. The van der Waals surface area contributed by atoms with Crippen LogP contribution in [0, 0.1) is 6.92 Å². The van der Waals surface area contributed by atoms with E-state index in [1.807, 2.05) is 20.2 Å². The quantitative estimate of drug-likeness (QED) is 0.543. The summed E-state index contributed by atoms with van der Waals surface area (Å²) in [6.45, 7) is 2.02. The number of aryl methyl sites for hydroxylation is 2. The fourth-order valence-electron chi connectivity index (χ4n) is 1.67. The molecule has 0 atom stereocenters. The number of hydrogen-bond acceptors (Lipinski definition) is 6. The molecule has 18 heavy (non-hydrogen) atoms. The zero-order valence-corrected chi connectivity index (χ0v) is 11.6. The molecule has 5 nitrogen and oxygen atoms in total. The SMILES string of the molecule is Cc1nc(CSc2ncnc3c2cnn3C)cs1. The first kappa shape index (κ1) is 11.6. The van der Waals surface area contributed by atoms with Crippen molar-refractivity contribution in [3.63, 3.8) is 0 Å². The molecule has 0 spiro atoms. The maximum Gasteiger partial charge on any atom is 0.162 e. The molecule has 92 valence electrons. The molecule has 7 heteroatoms. The third-order valence-corrected chi connectivity index (χ3v) is 4.38. The lowest BCUT2D eigenvalue weighted by molar-refractivity contribution is 0.784. The molecule has 0 aliphatic heterocycles. The van der Waals surface area contributed by atoms with Crippen LogP contribution in [-0.2, 0) is 12.8 Å². The molecule has 0 saturated carbocycles. The van der Waals surface area contributed by atoms with Crippen LogP contribution in [-0.4, -0.2) is 24.7 Å². The summed E-state index contributed by atoms with van der Waals surface area (Å²) in [7, 11) is 1.88. The van der Waals surface area contributed by atoms with E-state index in [0.29, 0.717) is 0 Å². The molecule has 0 aliphatic rings. The van der Waals surface area contributed by atoms with Gasteiger partial charge < -0.3 is 0 Å². The van der Waals surface area contributed by atoms with Crippen LogP contribution in [0.15, 0.2) is 22.9 Å². The first-order valence-electron chi connectivity index (χ1n) is 5.40. The lowest BCUT2D eigenvalue weighted by Crippen LogP contribution is -1.93. The molecule has 0 unspecified atom stereocenters. The Morgan fingerprint density at radius 1 is 1.39 bits per heavy atom. The summed E-state index contributed by atoms with van der Waals surface area (Å²) in [6, 6.07) is 0. The standard InChI is InChI=1S/C11H11N5S2/c1-7-15-8(4-17-7)5-18-11-9-3-14-16(2)10(9)12-6-13-11/h3-4,6H,5H2,1-2H3. The second kappa shape index (κ2) is 4.66. The molecular formula is C11H11N5S2. The van der Waals surface area contributed by atoms with Gasteiger partial charge >= 0.3 is 0 Å². The van der Waals surface area contributed by atoms with Gasteiger partial charge in [-0.1, -0.05) is 11.8 Å². The molecule has 0 amide bonds. The first-order chi connectivity index (χ1) is 8.74. The van der Waals surface area contributed by atoms with Gasteiger partial charge in [0, 0.05) is 18.2 Å². The van der Waals surface area contributed by atoms with Crippen LogP contribution in [0.1, 0.15) is 10.7 Å². The number of nitrogens with zero attached hydrogens (tertiary/aromatic N) is 5. The van der Waals surface area contributed by atoms with E-state index in [0.717, 1.165) is 32.5 Å². The lowest BCUT2D eigenvalue weighted by atomic mass is 10.4. The fraction of sp³-hybridized carbons (Fsp3) is 0.273. The van der Waals surface area contributed by atoms with Gasteiger partial charge in [0.15, 0.2) is 5.65 Å². The highest BCUT2D eigenvalue weighted by molar-refractivity contribution is 7.98. The molecule has 3 heterocycles. The third kappa shape index (κ3) is 2.11. The summed E-state index contributed by atoms with van der Waals surface area (Å²) in [5, 5.41) is 9.34. The summed E-state index contributed by atoms with van der Waals surface area (Å²) < 4.78 is 1.76. The minimum Gasteiger partial charge on any atom is -0.250 e. The van der Waals surface area contributed by atoms with Crippen LogP contribution in [0.25, 0.3) is 11.0 Å². The Balaban J connectivity index is 1.86. The van der Waals surface area contributed by atoms with Gasteiger partial charge in [0.05, 0.1) is 22.3 Å². The highest BCUT2D eigenvalue weighted by Crippen LogP contribution is 2.27. The second-order valence-electron chi connectivity index (χ2n) is 3.83. The molecule has 0 fully saturated rings. The Morgan fingerprint density at radius 2 is 2.28 bits per heavy atom. The molecule has 0 bridgehead atoms. The number of hydrogen-bond donors (Lipinski definition) is 0. The summed E-state index contributed by atoms with van der Waals surface area (Å²) in [4.78, 5) is 13.0. The highest BCUT2D eigenvalue weighted by Gasteiger charge is 2.09. The van der Waals surface area contributed by atoms with E-state index in [1.165, 1.54) is 0 Å². The third-order valence-electron chi connectivity index (χ3n) is 2.52. The van der Waals surface area contributed by atoms with Gasteiger partial charge in [0.2, 0.25) is 0 Å². The van der Waals surface area contributed by atoms with Crippen molar-refractivity contribution in [3.05, 3.63) is 28.6 Å². The zero-order valence-electron chi connectivity index (χ0n) is 9.99. The number of thioether (sulfide) groups is 1. The monoisotopic (exact) mass is 277 g/mol. The Kier molecular flexibility index (Phi) is 3.00. The molecule has 3 rings (SSSR count). The average Bonchev–Trinajstić information content (AvgIpc) is 2.94. The van der Waals surface area contributed by atoms with E-state index in [9.17, 15) is 0 Å². The number of thiazole rings is 1. The van der Waals surface area contributed by atoms with Crippen LogP contribution >= 0.6 is 23.1 Å². The van der Waals surface area contributed by atoms with Gasteiger partial charge in [0.1, 0.15) is 11.4 Å². The first-order valence-corrected chi connectivity index (χ1v) is 7.27. The van der Waals surface area contributed by atoms with Gasteiger partial charge in [-0.15, -0.1) is 11.3 Å². The Hall–Kier alpha value is -1.47. The van der Waals surface area contributed by atoms with Crippen LogP contribution in [0.5, 0.6) is 0 Å². The molecule has 0 aromatic carbocycles. The number of aromatic nitrogens is 5. The van der Waals surface area contributed by atoms with E-state index >= 15 is 0 Å². The highest BCUT2D eigenvalue weighted by atomic mass is 32.2. The molecule has 3 aromatic heterocycles. The smallest absolute Gasteiger partial charge is 0.162 e. The molecular weight excluding hydrogens is 266 g/mol. The lowest BCUT2D eigenvalue weighted by Gasteiger charge is -2.00. The van der Waals surface area contributed by atoms with Crippen molar-refractivity contribution < 1.29 is 0 Å². The summed E-state index contributed by atoms with van der Waals surface area (Å²) in [5.41, 5.74) is 1.96. The largest absolute Gasteiger partial charge is 0.250 e. The number of fused-ring (bicyclic) bond motifs is 1. The summed E-state index contributed by atoms with van der Waals surface area (Å²) in [5.74, 6) is 0.825. The van der Waals surface area contributed by atoms with Crippen molar-refractivity contribution in [1.29, 1.82) is 0 Å². The van der Waals surface area contributed by atoms with Crippen LogP contribution in [0.3, 0.4) is 0 Å². The van der Waals surface area contributed by atoms with E-state index in [1.54, 1.807) is 34.1 Å². The predicted octanol–water partition coefficient (Wildman–Crippen LogP) is 2.42. The van der Waals surface area contributed by atoms with Gasteiger partial charge in [-0.2, -0.15) is 5.10 Å². The van der Waals surface area contributed by atoms with Crippen molar-refractivity contribution in [2.75, 3.05) is 0 Å². The zero-order chi connectivity index (χ0) is 12.5. The predicted molar refractivity (Wildman–Crippen MR) is 72.7 cm³/mol. The fourth-order valence-corrected chi connectivity index (χ4v) is 3.24. The maximum atomic E-state index is 4.44. The summed E-state index contributed by atoms with van der Waals surface area (Å²) >= 11 is 3.34. The second-order valence-corrected chi connectivity index (χ2v) is 5.86. The minimum absolute atomic E-state index is 0.825. The van der Waals surface area contributed by atoms with Crippen molar-refractivity contribution >= 4 is 34.1 Å². The summed E-state index contributed by atoms with van der Waals surface area (Å²) in [6.07, 6.45) is 3.39. The van der Waals surface area contributed by atoms with Crippen molar-refractivity contribution in [3.8, 4) is 0 Å². The Bertz CT molecular complexity index is 688. The molecule has 3 aromatic rings. The van der Waals surface area contributed by atoms with E-state index < -0.39 is 0 Å². The van der Waals surface area contributed by atoms with Crippen molar-refractivity contribution in [2.45, 2.75) is 17.7 Å². The topological polar surface area (TPSA) is 56.5 Å². The van der Waals surface area contributed by atoms with Crippen LogP contribution in [0.4, 0.5) is 0 Å².